The number of methoxy groups -OCH3 is 4. The molecule has 27 heavy (non-hydrogen) atoms. The molecule has 3 rings (SSSR count). The van der Waals surface area contributed by atoms with E-state index in [4.69, 9.17) is 23.7 Å². The maximum atomic E-state index is 12.3. The summed E-state index contributed by atoms with van der Waals surface area (Å²) >= 11 is 0. The molecule has 1 aliphatic rings. The zero-order valence-electron chi connectivity index (χ0n) is 15.4. The third-order valence-corrected chi connectivity index (χ3v) is 3.99. The molecule has 0 N–H and O–H groups in total. The van der Waals surface area contributed by atoms with Gasteiger partial charge in [-0.3, -0.25) is 0 Å². The van der Waals surface area contributed by atoms with E-state index in [1.807, 2.05) is 12.1 Å². The Bertz CT molecular complexity index is 932. The van der Waals surface area contributed by atoms with Gasteiger partial charge in [0.05, 0.1) is 34.0 Å². The van der Waals surface area contributed by atoms with E-state index in [1.165, 1.54) is 21.3 Å². The van der Waals surface area contributed by atoms with Crippen molar-refractivity contribution in [2.24, 2.45) is 4.99 Å². The molecular weight excluding hydrogens is 350 g/mol. The highest BCUT2D eigenvalue weighted by Gasteiger charge is 2.26. The van der Waals surface area contributed by atoms with Gasteiger partial charge in [-0.1, -0.05) is 12.1 Å². The first-order valence-electron chi connectivity index (χ1n) is 8.07. The molecule has 2 aromatic rings. The van der Waals surface area contributed by atoms with Crippen LogP contribution in [-0.4, -0.2) is 40.3 Å². The number of hydrogen-bond acceptors (Lipinski definition) is 7. The summed E-state index contributed by atoms with van der Waals surface area (Å²) in [5.41, 5.74) is 1.34. The standard InChI is InChI=1S/C20H19NO6/c1-23-15-8-6-5-7-13(15)19-21-14(20(22)27-19)9-12-10-17(25-3)18(26-4)11-16(12)24-2/h5-11H,1-4H3/b14-9-. The molecule has 0 saturated heterocycles. The van der Waals surface area contributed by atoms with E-state index in [-0.39, 0.29) is 11.6 Å². The molecule has 0 aliphatic carbocycles. The van der Waals surface area contributed by atoms with Gasteiger partial charge in [0, 0.05) is 11.6 Å². The van der Waals surface area contributed by atoms with Crippen LogP contribution in [0, 0.1) is 0 Å². The highest BCUT2D eigenvalue weighted by Crippen LogP contribution is 2.36. The Balaban J connectivity index is 2.04. The van der Waals surface area contributed by atoms with E-state index >= 15 is 0 Å². The van der Waals surface area contributed by atoms with Crippen LogP contribution in [0.2, 0.25) is 0 Å². The largest absolute Gasteiger partial charge is 0.496 e. The number of carbonyl (C=O) groups is 1. The van der Waals surface area contributed by atoms with Crippen LogP contribution < -0.4 is 18.9 Å². The Morgan fingerprint density at radius 3 is 2.15 bits per heavy atom. The molecule has 0 amide bonds. The molecule has 1 aliphatic heterocycles. The molecule has 0 aromatic heterocycles. The molecule has 0 fully saturated rings. The van der Waals surface area contributed by atoms with Crippen molar-refractivity contribution >= 4 is 17.9 Å². The maximum absolute atomic E-state index is 12.3. The van der Waals surface area contributed by atoms with E-state index in [0.29, 0.717) is 34.1 Å². The summed E-state index contributed by atoms with van der Waals surface area (Å²) in [6.45, 7) is 0. The first kappa shape index (κ1) is 18.3. The number of esters is 1. The summed E-state index contributed by atoms with van der Waals surface area (Å²) in [6, 6.07) is 10.6. The summed E-state index contributed by atoms with van der Waals surface area (Å²) in [4.78, 5) is 16.6. The van der Waals surface area contributed by atoms with Crippen molar-refractivity contribution in [1.29, 1.82) is 0 Å². The Morgan fingerprint density at radius 2 is 1.48 bits per heavy atom. The Kier molecular flexibility index (Phi) is 5.30. The molecule has 7 nitrogen and oxygen atoms in total. The number of ether oxygens (including phenoxy) is 5. The fraction of sp³-hybridized carbons (Fsp3) is 0.200. The highest BCUT2D eigenvalue weighted by atomic mass is 16.6. The molecule has 0 unspecified atom stereocenters. The second-order valence-corrected chi connectivity index (χ2v) is 5.49. The van der Waals surface area contributed by atoms with Crippen LogP contribution in [0.3, 0.4) is 0 Å². The Morgan fingerprint density at radius 1 is 0.852 bits per heavy atom. The quantitative estimate of drug-likeness (QED) is 0.575. The lowest BCUT2D eigenvalue weighted by atomic mass is 10.1. The van der Waals surface area contributed by atoms with Crippen LogP contribution in [0.15, 0.2) is 47.1 Å². The van der Waals surface area contributed by atoms with Crippen molar-refractivity contribution in [1.82, 2.24) is 0 Å². The van der Waals surface area contributed by atoms with Gasteiger partial charge in [0.25, 0.3) is 0 Å². The molecule has 2 aromatic carbocycles. The monoisotopic (exact) mass is 369 g/mol. The van der Waals surface area contributed by atoms with Gasteiger partial charge in [-0.05, 0) is 24.3 Å². The minimum absolute atomic E-state index is 0.140. The first-order valence-corrected chi connectivity index (χ1v) is 8.07. The predicted molar refractivity (Wildman–Crippen MR) is 99.7 cm³/mol. The molecule has 0 bridgehead atoms. The van der Waals surface area contributed by atoms with Crippen molar-refractivity contribution in [2.75, 3.05) is 28.4 Å². The topological polar surface area (TPSA) is 75.6 Å². The van der Waals surface area contributed by atoms with Crippen LogP contribution in [-0.2, 0) is 9.53 Å². The number of nitrogens with zero attached hydrogens (tertiary/aromatic N) is 1. The predicted octanol–water partition coefficient (Wildman–Crippen LogP) is 3.07. The van der Waals surface area contributed by atoms with Gasteiger partial charge in [0.1, 0.15) is 11.5 Å². The maximum Gasteiger partial charge on any atom is 0.363 e. The number of benzene rings is 2. The third kappa shape index (κ3) is 3.57. The molecule has 0 saturated carbocycles. The zero-order valence-corrected chi connectivity index (χ0v) is 15.4. The average molecular weight is 369 g/mol. The fourth-order valence-corrected chi connectivity index (χ4v) is 2.66. The van der Waals surface area contributed by atoms with Crippen molar-refractivity contribution in [2.45, 2.75) is 0 Å². The molecular formula is C20H19NO6. The Hall–Kier alpha value is -3.48. The zero-order chi connectivity index (χ0) is 19.4. The van der Waals surface area contributed by atoms with Crippen LogP contribution in [0.25, 0.3) is 6.08 Å². The smallest absolute Gasteiger partial charge is 0.363 e. The normalized spacial score (nSPS) is 14.6. The van der Waals surface area contributed by atoms with Crippen LogP contribution in [0.5, 0.6) is 23.0 Å². The molecule has 7 heteroatoms. The van der Waals surface area contributed by atoms with Gasteiger partial charge in [0.15, 0.2) is 17.2 Å². The lowest BCUT2D eigenvalue weighted by Crippen LogP contribution is -2.06. The molecule has 0 spiro atoms. The van der Waals surface area contributed by atoms with Crippen molar-refractivity contribution in [3.8, 4) is 23.0 Å². The van der Waals surface area contributed by atoms with Gasteiger partial charge >= 0.3 is 5.97 Å². The number of aliphatic imine (C=N–C) groups is 1. The second kappa shape index (κ2) is 7.82. The van der Waals surface area contributed by atoms with E-state index in [2.05, 4.69) is 4.99 Å². The molecule has 0 atom stereocenters. The molecule has 0 radical (unpaired) electrons. The van der Waals surface area contributed by atoms with Crippen molar-refractivity contribution < 1.29 is 28.5 Å². The summed E-state index contributed by atoms with van der Waals surface area (Å²) in [5.74, 6) is 1.72. The van der Waals surface area contributed by atoms with E-state index < -0.39 is 5.97 Å². The molecule has 1 heterocycles. The van der Waals surface area contributed by atoms with E-state index in [9.17, 15) is 4.79 Å². The van der Waals surface area contributed by atoms with Gasteiger partial charge in [-0.2, -0.15) is 0 Å². The van der Waals surface area contributed by atoms with Gasteiger partial charge < -0.3 is 23.7 Å². The van der Waals surface area contributed by atoms with Crippen LogP contribution in [0.1, 0.15) is 11.1 Å². The van der Waals surface area contributed by atoms with Crippen molar-refractivity contribution in [3.05, 3.63) is 53.2 Å². The third-order valence-electron chi connectivity index (χ3n) is 3.99. The summed E-state index contributed by atoms with van der Waals surface area (Å²) in [6.07, 6.45) is 1.57. The summed E-state index contributed by atoms with van der Waals surface area (Å²) in [7, 11) is 6.14. The SMILES string of the molecule is COc1cc(OC)c(OC)cc1/C=C1\N=C(c2ccccc2OC)OC1=O. The van der Waals surface area contributed by atoms with Gasteiger partial charge in [0.2, 0.25) is 5.90 Å². The molecule has 140 valence electrons. The number of rotatable bonds is 6. The lowest BCUT2D eigenvalue weighted by molar-refractivity contribution is -0.129. The second-order valence-electron chi connectivity index (χ2n) is 5.49. The van der Waals surface area contributed by atoms with Crippen LogP contribution in [0.4, 0.5) is 0 Å². The summed E-state index contributed by atoms with van der Waals surface area (Å²) < 4.78 is 26.6. The van der Waals surface area contributed by atoms with Gasteiger partial charge in [-0.25, -0.2) is 9.79 Å². The number of para-hydroxylation sites is 1. The minimum Gasteiger partial charge on any atom is -0.496 e. The first-order chi connectivity index (χ1) is 13.1. The van der Waals surface area contributed by atoms with Crippen molar-refractivity contribution in [3.63, 3.8) is 0 Å². The minimum atomic E-state index is -0.562. The average Bonchev–Trinajstić information content (AvgIpc) is 3.07. The summed E-state index contributed by atoms with van der Waals surface area (Å²) in [5, 5.41) is 0. The number of carbonyl (C=O) groups excluding carboxylic acids is 1. The number of hydrogen-bond donors (Lipinski definition) is 0. The van der Waals surface area contributed by atoms with Crippen LogP contribution >= 0.6 is 0 Å². The fourth-order valence-electron chi connectivity index (χ4n) is 2.66. The van der Waals surface area contributed by atoms with Gasteiger partial charge in [-0.15, -0.1) is 0 Å². The van der Waals surface area contributed by atoms with E-state index in [0.717, 1.165) is 0 Å². The number of cyclic esters (lactones) is 1. The van der Waals surface area contributed by atoms with E-state index in [1.54, 1.807) is 37.5 Å². The highest BCUT2D eigenvalue weighted by molar-refractivity contribution is 6.13. The lowest BCUT2D eigenvalue weighted by Gasteiger charge is -2.12. The Labute approximate surface area is 156 Å².